The van der Waals surface area contributed by atoms with Crippen LogP contribution < -0.4 is 5.32 Å². The van der Waals surface area contributed by atoms with Crippen LogP contribution in [0.4, 0.5) is 0 Å². The number of hydrogen-bond donors (Lipinski definition) is 2. The highest BCUT2D eigenvalue weighted by Gasteiger charge is 2.16. The van der Waals surface area contributed by atoms with Crippen molar-refractivity contribution in [2.45, 2.75) is 33.3 Å². The van der Waals surface area contributed by atoms with Crippen LogP contribution in [0.1, 0.15) is 36.3 Å². The Hall–Kier alpha value is -1.85. The maximum Gasteiger partial charge on any atom is 0.254 e. The number of carbonyl (C=O) groups excluding carboxylic acids is 1. The Labute approximate surface area is 141 Å². The highest BCUT2D eigenvalue weighted by atomic mass is 35.5. The number of aliphatic hydroxyl groups excluding tert-OH is 1. The first kappa shape index (κ1) is 17.5. The van der Waals surface area contributed by atoms with E-state index in [1.54, 1.807) is 16.8 Å². The van der Waals surface area contributed by atoms with Crippen LogP contribution in [0.15, 0.2) is 30.5 Å². The maximum absolute atomic E-state index is 12.3. The number of aliphatic hydroxyl groups is 1. The number of benzene rings is 1. The number of amides is 1. The van der Waals surface area contributed by atoms with Crippen LogP contribution >= 0.6 is 11.6 Å². The van der Waals surface area contributed by atoms with Gasteiger partial charge >= 0.3 is 0 Å². The fraction of sp³-hybridized carbons (Fsp3) is 0.412. The van der Waals surface area contributed by atoms with Gasteiger partial charge in [-0.1, -0.05) is 31.5 Å². The zero-order valence-electron chi connectivity index (χ0n) is 13.6. The van der Waals surface area contributed by atoms with Gasteiger partial charge in [-0.3, -0.25) is 4.79 Å². The third kappa shape index (κ3) is 4.56. The maximum atomic E-state index is 12.3. The minimum atomic E-state index is -0.540. The highest BCUT2D eigenvalue weighted by Crippen LogP contribution is 2.18. The Morgan fingerprint density at radius 2 is 2.17 bits per heavy atom. The molecule has 0 aliphatic rings. The van der Waals surface area contributed by atoms with Crippen molar-refractivity contribution in [1.82, 2.24) is 15.1 Å². The predicted molar refractivity (Wildman–Crippen MR) is 91.1 cm³/mol. The Morgan fingerprint density at radius 3 is 2.83 bits per heavy atom. The lowest BCUT2D eigenvalue weighted by atomic mass is 10.1. The van der Waals surface area contributed by atoms with Crippen molar-refractivity contribution in [3.05, 3.63) is 46.7 Å². The molecule has 0 spiro atoms. The summed E-state index contributed by atoms with van der Waals surface area (Å²) in [7, 11) is 0. The highest BCUT2D eigenvalue weighted by molar-refractivity contribution is 6.30. The smallest absolute Gasteiger partial charge is 0.254 e. The number of aromatic nitrogens is 2. The summed E-state index contributed by atoms with van der Waals surface area (Å²) in [6.45, 7) is 6.13. The van der Waals surface area contributed by atoms with Crippen molar-refractivity contribution in [3.63, 3.8) is 0 Å². The van der Waals surface area contributed by atoms with E-state index < -0.39 is 6.10 Å². The average Bonchev–Trinajstić information content (AvgIpc) is 2.86. The fourth-order valence-electron chi connectivity index (χ4n) is 2.43. The first-order valence-electron chi connectivity index (χ1n) is 7.65. The summed E-state index contributed by atoms with van der Waals surface area (Å²) in [5, 5.41) is 17.5. The molecule has 1 atom stereocenters. The number of nitrogens with one attached hydrogen (secondary N) is 1. The van der Waals surface area contributed by atoms with Gasteiger partial charge in [0.15, 0.2) is 0 Å². The minimum absolute atomic E-state index is 0.235. The lowest BCUT2D eigenvalue weighted by Gasteiger charge is -2.13. The standard InChI is InChI=1S/C17H22ClN3O2/c1-11(2)7-15(22)9-19-17(23)16-10-20-21(12(16)3)14-6-4-5-13(18)8-14/h4-6,8,10-11,15,22H,7,9H2,1-3H3,(H,19,23). The van der Waals surface area contributed by atoms with Crippen LogP contribution in [0.2, 0.25) is 5.02 Å². The van der Waals surface area contributed by atoms with Crippen LogP contribution in [-0.2, 0) is 0 Å². The van der Waals surface area contributed by atoms with Crippen molar-refractivity contribution in [1.29, 1.82) is 0 Å². The van der Waals surface area contributed by atoms with E-state index in [4.69, 9.17) is 11.6 Å². The SMILES string of the molecule is Cc1c(C(=O)NCC(O)CC(C)C)cnn1-c1cccc(Cl)c1. The van der Waals surface area contributed by atoms with E-state index in [1.807, 2.05) is 32.9 Å². The Bertz CT molecular complexity index is 682. The van der Waals surface area contributed by atoms with Crippen LogP contribution in [0, 0.1) is 12.8 Å². The Balaban J connectivity index is 2.08. The molecule has 6 heteroatoms. The first-order chi connectivity index (χ1) is 10.9. The Morgan fingerprint density at radius 1 is 1.43 bits per heavy atom. The topological polar surface area (TPSA) is 67.2 Å². The van der Waals surface area contributed by atoms with E-state index in [9.17, 15) is 9.90 Å². The van der Waals surface area contributed by atoms with E-state index in [0.29, 0.717) is 22.9 Å². The van der Waals surface area contributed by atoms with Gasteiger partial charge in [0.25, 0.3) is 5.91 Å². The molecular formula is C17H22ClN3O2. The summed E-state index contributed by atoms with van der Waals surface area (Å²) in [5.74, 6) is 0.146. The Kier molecular flexibility index (Phi) is 5.80. The largest absolute Gasteiger partial charge is 0.391 e. The molecule has 0 fully saturated rings. The molecule has 5 nitrogen and oxygen atoms in total. The van der Waals surface area contributed by atoms with E-state index in [-0.39, 0.29) is 12.5 Å². The van der Waals surface area contributed by atoms with Gasteiger partial charge in [0.1, 0.15) is 0 Å². The zero-order valence-corrected chi connectivity index (χ0v) is 14.3. The second kappa shape index (κ2) is 7.62. The van der Waals surface area contributed by atoms with Crippen molar-refractivity contribution in [2.75, 3.05) is 6.54 Å². The van der Waals surface area contributed by atoms with Crippen LogP contribution in [0.25, 0.3) is 5.69 Å². The second-order valence-corrected chi connectivity index (χ2v) is 6.47. The molecule has 0 aliphatic heterocycles. The molecule has 0 saturated carbocycles. The van der Waals surface area contributed by atoms with Crippen molar-refractivity contribution < 1.29 is 9.90 Å². The molecular weight excluding hydrogens is 314 g/mol. The quantitative estimate of drug-likeness (QED) is 0.852. The second-order valence-electron chi connectivity index (χ2n) is 6.03. The van der Waals surface area contributed by atoms with Gasteiger partial charge in [0.05, 0.1) is 29.2 Å². The van der Waals surface area contributed by atoms with Gasteiger partial charge in [0.2, 0.25) is 0 Å². The monoisotopic (exact) mass is 335 g/mol. The molecule has 0 radical (unpaired) electrons. The molecule has 1 aromatic carbocycles. The van der Waals surface area contributed by atoms with Crippen molar-refractivity contribution in [2.24, 2.45) is 5.92 Å². The normalized spacial score (nSPS) is 12.4. The van der Waals surface area contributed by atoms with Gasteiger partial charge in [-0.05, 0) is 37.5 Å². The van der Waals surface area contributed by atoms with E-state index >= 15 is 0 Å². The van der Waals surface area contributed by atoms with Gasteiger partial charge in [-0.15, -0.1) is 0 Å². The first-order valence-corrected chi connectivity index (χ1v) is 8.03. The average molecular weight is 336 g/mol. The lowest BCUT2D eigenvalue weighted by Crippen LogP contribution is -2.33. The van der Waals surface area contributed by atoms with E-state index in [2.05, 4.69) is 10.4 Å². The molecule has 2 N–H and O–H groups in total. The van der Waals surface area contributed by atoms with Gasteiger partial charge < -0.3 is 10.4 Å². The fourth-order valence-corrected chi connectivity index (χ4v) is 2.62. The van der Waals surface area contributed by atoms with Crippen molar-refractivity contribution in [3.8, 4) is 5.69 Å². The summed E-state index contributed by atoms with van der Waals surface area (Å²) in [4.78, 5) is 12.3. The number of carbonyl (C=O) groups is 1. The van der Waals surface area contributed by atoms with Gasteiger partial charge in [0, 0.05) is 11.6 Å². The molecule has 1 heterocycles. The summed E-state index contributed by atoms with van der Waals surface area (Å²) >= 11 is 5.99. The molecule has 124 valence electrons. The number of halogens is 1. The molecule has 0 bridgehead atoms. The number of nitrogens with zero attached hydrogens (tertiary/aromatic N) is 2. The molecule has 1 amide bonds. The molecule has 1 unspecified atom stereocenters. The summed E-state index contributed by atoms with van der Waals surface area (Å²) in [6, 6.07) is 7.28. The van der Waals surface area contributed by atoms with Crippen LogP contribution in [0.3, 0.4) is 0 Å². The summed E-state index contributed by atoms with van der Waals surface area (Å²) in [6.07, 6.45) is 1.64. The predicted octanol–water partition coefficient (Wildman–Crippen LogP) is 2.97. The number of hydrogen-bond acceptors (Lipinski definition) is 3. The summed E-state index contributed by atoms with van der Waals surface area (Å²) in [5.41, 5.74) is 2.01. The van der Waals surface area contributed by atoms with Gasteiger partial charge in [-0.2, -0.15) is 5.10 Å². The molecule has 2 aromatic rings. The minimum Gasteiger partial charge on any atom is -0.391 e. The van der Waals surface area contributed by atoms with Gasteiger partial charge in [-0.25, -0.2) is 4.68 Å². The molecule has 2 rings (SSSR count). The van der Waals surface area contributed by atoms with E-state index in [0.717, 1.165) is 11.4 Å². The molecule has 0 saturated heterocycles. The van der Waals surface area contributed by atoms with Crippen LogP contribution in [-0.4, -0.2) is 33.4 Å². The third-order valence-corrected chi connectivity index (χ3v) is 3.78. The zero-order chi connectivity index (χ0) is 17.0. The lowest BCUT2D eigenvalue weighted by molar-refractivity contribution is 0.0899. The number of rotatable bonds is 6. The molecule has 23 heavy (non-hydrogen) atoms. The van der Waals surface area contributed by atoms with Crippen molar-refractivity contribution >= 4 is 17.5 Å². The summed E-state index contributed by atoms with van der Waals surface area (Å²) < 4.78 is 1.67. The van der Waals surface area contributed by atoms with Crippen LogP contribution in [0.5, 0.6) is 0 Å². The van der Waals surface area contributed by atoms with E-state index in [1.165, 1.54) is 6.20 Å². The molecule has 0 aliphatic carbocycles. The third-order valence-electron chi connectivity index (χ3n) is 3.55. The molecule has 1 aromatic heterocycles.